The Labute approximate surface area is 159 Å². The predicted molar refractivity (Wildman–Crippen MR) is 100 cm³/mol. The van der Waals surface area contributed by atoms with Crippen LogP contribution in [0.5, 0.6) is 0 Å². The van der Waals surface area contributed by atoms with Gasteiger partial charge in [-0.2, -0.15) is 5.26 Å². The van der Waals surface area contributed by atoms with Crippen molar-refractivity contribution in [2.75, 3.05) is 0 Å². The summed E-state index contributed by atoms with van der Waals surface area (Å²) in [5, 5.41) is 13.6. The Morgan fingerprint density at radius 1 is 1.37 bits per heavy atom. The molecule has 0 unspecified atom stereocenters. The third kappa shape index (κ3) is 4.40. The van der Waals surface area contributed by atoms with E-state index in [-0.39, 0.29) is 17.4 Å². The SMILES string of the molecule is N#CC1(N(N)/C=C(\N)[C@@H](NC(=O)c2cccc(F)c2)C2CCCCC2)CC1. The summed E-state index contributed by atoms with van der Waals surface area (Å²) < 4.78 is 13.5. The zero-order valence-corrected chi connectivity index (χ0v) is 15.3. The summed E-state index contributed by atoms with van der Waals surface area (Å²) in [5.41, 5.74) is 6.32. The molecule has 2 fully saturated rings. The van der Waals surface area contributed by atoms with Gasteiger partial charge in [0.1, 0.15) is 11.4 Å². The number of nitrogens with one attached hydrogen (secondary N) is 1. The lowest BCUT2D eigenvalue weighted by Gasteiger charge is -2.32. The molecule has 1 aromatic rings. The molecule has 2 saturated carbocycles. The zero-order valence-electron chi connectivity index (χ0n) is 15.3. The van der Waals surface area contributed by atoms with E-state index in [2.05, 4.69) is 11.4 Å². The predicted octanol–water partition coefficient (Wildman–Crippen LogP) is 2.54. The lowest BCUT2D eigenvalue weighted by molar-refractivity contribution is 0.0922. The second kappa shape index (κ2) is 7.97. The number of carbonyl (C=O) groups excluding carboxylic acids is 1. The van der Waals surface area contributed by atoms with Gasteiger partial charge in [-0.05, 0) is 49.8 Å². The standard InChI is InChI=1S/C20H26FN5O/c21-16-8-4-7-15(11-16)19(27)25-18(14-5-2-1-3-6-14)17(23)12-26(24)20(13-22)9-10-20/h4,7-8,11-12,14,18H,1-3,5-6,9-10,23-24H2,(H,25,27)/b17-12-/t18-/m0/s1. The van der Waals surface area contributed by atoms with Crippen LogP contribution in [0, 0.1) is 23.1 Å². The Hall–Kier alpha value is -2.59. The van der Waals surface area contributed by atoms with Gasteiger partial charge in [-0.25, -0.2) is 10.2 Å². The van der Waals surface area contributed by atoms with Crippen LogP contribution in [0.15, 0.2) is 36.2 Å². The van der Waals surface area contributed by atoms with Gasteiger partial charge >= 0.3 is 0 Å². The highest BCUT2D eigenvalue weighted by Gasteiger charge is 2.47. The number of amides is 1. The molecule has 2 aliphatic rings. The van der Waals surface area contributed by atoms with E-state index in [0.29, 0.717) is 18.5 Å². The maximum atomic E-state index is 13.5. The molecule has 144 valence electrons. The van der Waals surface area contributed by atoms with Crippen LogP contribution in [0.2, 0.25) is 0 Å². The highest BCUT2D eigenvalue weighted by molar-refractivity contribution is 5.94. The fraction of sp³-hybridized carbons (Fsp3) is 0.500. The van der Waals surface area contributed by atoms with Gasteiger partial charge in [0.2, 0.25) is 0 Å². The van der Waals surface area contributed by atoms with Gasteiger partial charge in [-0.15, -0.1) is 0 Å². The molecule has 1 aromatic carbocycles. The summed E-state index contributed by atoms with van der Waals surface area (Å²) in [6.45, 7) is 0. The Balaban J connectivity index is 1.80. The van der Waals surface area contributed by atoms with Crippen LogP contribution in [0.3, 0.4) is 0 Å². The van der Waals surface area contributed by atoms with E-state index >= 15 is 0 Å². The molecule has 0 bridgehead atoms. The van der Waals surface area contributed by atoms with Crippen LogP contribution in [-0.4, -0.2) is 22.5 Å². The molecule has 6 nitrogen and oxygen atoms in total. The van der Waals surface area contributed by atoms with Crippen molar-refractivity contribution >= 4 is 5.91 Å². The number of rotatable bonds is 6. The summed E-state index contributed by atoms with van der Waals surface area (Å²) in [5.74, 6) is 5.41. The number of hydrogen-bond donors (Lipinski definition) is 3. The van der Waals surface area contributed by atoms with Crippen LogP contribution >= 0.6 is 0 Å². The molecular weight excluding hydrogens is 345 g/mol. The van der Waals surface area contributed by atoms with Crippen molar-refractivity contribution in [1.29, 1.82) is 5.26 Å². The van der Waals surface area contributed by atoms with Crippen LogP contribution < -0.4 is 16.9 Å². The van der Waals surface area contributed by atoms with Gasteiger partial charge in [0.05, 0.1) is 12.1 Å². The largest absolute Gasteiger partial charge is 0.399 e. The summed E-state index contributed by atoms with van der Waals surface area (Å²) in [4.78, 5) is 12.6. The van der Waals surface area contributed by atoms with Gasteiger partial charge < -0.3 is 11.1 Å². The maximum absolute atomic E-state index is 13.5. The van der Waals surface area contributed by atoms with Crippen molar-refractivity contribution in [3.63, 3.8) is 0 Å². The summed E-state index contributed by atoms with van der Waals surface area (Å²) in [6, 6.07) is 7.40. The quantitative estimate of drug-likeness (QED) is 0.526. The van der Waals surface area contributed by atoms with Crippen molar-refractivity contribution in [3.8, 4) is 6.07 Å². The highest BCUT2D eigenvalue weighted by atomic mass is 19.1. The number of nitriles is 1. The average molecular weight is 371 g/mol. The van der Waals surface area contributed by atoms with Crippen LogP contribution in [0.25, 0.3) is 0 Å². The number of hydrogen-bond acceptors (Lipinski definition) is 5. The number of carbonyl (C=O) groups is 1. The fourth-order valence-electron chi connectivity index (χ4n) is 3.71. The molecule has 3 rings (SSSR count). The van der Waals surface area contributed by atoms with E-state index < -0.39 is 17.4 Å². The van der Waals surface area contributed by atoms with E-state index in [1.807, 2.05) is 0 Å². The average Bonchev–Trinajstić information content (AvgIpc) is 3.48. The first-order valence-electron chi connectivity index (χ1n) is 9.44. The topological polar surface area (TPSA) is 108 Å². The normalized spacial score (nSPS) is 20.4. The van der Waals surface area contributed by atoms with Crippen molar-refractivity contribution < 1.29 is 9.18 Å². The minimum Gasteiger partial charge on any atom is -0.399 e. The Kier molecular flexibility index (Phi) is 5.66. The molecular formula is C20H26FN5O. The van der Waals surface area contributed by atoms with Gasteiger partial charge in [0, 0.05) is 17.5 Å². The number of hydrazine groups is 1. The molecule has 0 aromatic heterocycles. The van der Waals surface area contributed by atoms with E-state index in [4.69, 9.17) is 11.6 Å². The van der Waals surface area contributed by atoms with Crippen molar-refractivity contribution in [1.82, 2.24) is 10.3 Å². The molecule has 1 amide bonds. The number of benzene rings is 1. The van der Waals surface area contributed by atoms with Crippen molar-refractivity contribution in [3.05, 3.63) is 47.5 Å². The van der Waals surface area contributed by atoms with E-state index in [9.17, 15) is 14.4 Å². The monoisotopic (exact) mass is 371 g/mol. The van der Waals surface area contributed by atoms with E-state index in [1.165, 1.54) is 29.6 Å². The van der Waals surface area contributed by atoms with Gasteiger partial charge in [-0.1, -0.05) is 25.3 Å². The van der Waals surface area contributed by atoms with Crippen LogP contribution in [0.4, 0.5) is 4.39 Å². The zero-order chi connectivity index (χ0) is 19.4. The smallest absolute Gasteiger partial charge is 0.251 e. The van der Waals surface area contributed by atoms with Crippen molar-refractivity contribution in [2.24, 2.45) is 17.5 Å². The van der Waals surface area contributed by atoms with Gasteiger partial charge in [0.25, 0.3) is 5.91 Å². The summed E-state index contributed by atoms with van der Waals surface area (Å²) in [7, 11) is 0. The lowest BCUT2D eigenvalue weighted by atomic mass is 9.82. The number of nitrogens with two attached hydrogens (primary N) is 2. The summed E-state index contributed by atoms with van der Waals surface area (Å²) in [6.07, 6.45) is 8.22. The summed E-state index contributed by atoms with van der Waals surface area (Å²) >= 11 is 0. The second-order valence-corrected chi connectivity index (χ2v) is 7.54. The van der Waals surface area contributed by atoms with Crippen molar-refractivity contribution in [2.45, 2.75) is 56.5 Å². The first-order chi connectivity index (χ1) is 12.9. The minimum absolute atomic E-state index is 0.193. The molecule has 7 heteroatoms. The molecule has 0 spiro atoms. The van der Waals surface area contributed by atoms with Crippen LogP contribution in [-0.2, 0) is 0 Å². The molecule has 0 heterocycles. The molecule has 2 aliphatic carbocycles. The first-order valence-corrected chi connectivity index (χ1v) is 9.44. The second-order valence-electron chi connectivity index (χ2n) is 7.54. The Bertz CT molecular complexity index is 762. The highest BCUT2D eigenvalue weighted by Crippen LogP contribution is 2.39. The minimum atomic E-state index is -0.686. The molecule has 5 N–H and O–H groups in total. The molecule has 0 radical (unpaired) electrons. The molecule has 1 atom stereocenters. The Morgan fingerprint density at radius 3 is 2.67 bits per heavy atom. The maximum Gasteiger partial charge on any atom is 0.251 e. The number of halogens is 1. The van der Waals surface area contributed by atoms with Gasteiger partial charge in [-0.3, -0.25) is 9.80 Å². The fourth-order valence-corrected chi connectivity index (χ4v) is 3.71. The Morgan fingerprint density at radius 2 is 2.07 bits per heavy atom. The first kappa shape index (κ1) is 19.2. The molecule has 0 saturated heterocycles. The lowest BCUT2D eigenvalue weighted by Crippen LogP contribution is -2.46. The third-order valence-electron chi connectivity index (χ3n) is 5.57. The molecule has 27 heavy (non-hydrogen) atoms. The number of nitrogens with zero attached hydrogens (tertiary/aromatic N) is 2. The van der Waals surface area contributed by atoms with Crippen LogP contribution in [0.1, 0.15) is 55.3 Å². The third-order valence-corrected chi connectivity index (χ3v) is 5.57. The van der Waals surface area contributed by atoms with E-state index in [0.717, 1.165) is 25.7 Å². The van der Waals surface area contributed by atoms with E-state index in [1.54, 1.807) is 12.3 Å². The molecule has 0 aliphatic heterocycles. The van der Waals surface area contributed by atoms with Gasteiger partial charge in [0.15, 0.2) is 0 Å².